The SMILES string of the molecule is COC(=O)c1ccc(-c2ccco2)n1CC(=O)N1CCN(c2cc(Cl)ccc2C)CC1. The summed E-state index contributed by atoms with van der Waals surface area (Å²) in [6, 6.07) is 12.8. The highest BCUT2D eigenvalue weighted by molar-refractivity contribution is 6.30. The fraction of sp³-hybridized carbons (Fsp3) is 0.304. The van der Waals surface area contributed by atoms with Gasteiger partial charge in [-0.1, -0.05) is 17.7 Å². The van der Waals surface area contributed by atoms with Crippen LogP contribution in [0.25, 0.3) is 11.5 Å². The third-order valence-corrected chi connectivity index (χ3v) is 5.82. The molecular weight excluding hydrogens is 418 g/mol. The van der Waals surface area contributed by atoms with Gasteiger partial charge in [-0.3, -0.25) is 4.79 Å². The maximum absolute atomic E-state index is 13.1. The van der Waals surface area contributed by atoms with Crippen molar-refractivity contribution in [2.75, 3.05) is 38.2 Å². The first kappa shape index (κ1) is 21.1. The molecule has 8 heteroatoms. The van der Waals surface area contributed by atoms with Crippen molar-refractivity contribution in [2.24, 2.45) is 0 Å². The minimum Gasteiger partial charge on any atom is -0.464 e. The number of amides is 1. The number of aryl methyl sites for hydroxylation is 1. The minimum absolute atomic E-state index is 0.0314. The lowest BCUT2D eigenvalue weighted by molar-refractivity contribution is -0.132. The first-order valence-corrected chi connectivity index (χ1v) is 10.5. The number of ether oxygens (including phenoxy) is 1. The van der Waals surface area contributed by atoms with Crippen molar-refractivity contribution >= 4 is 29.2 Å². The summed E-state index contributed by atoms with van der Waals surface area (Å²) in [5, 5.41) is 0.701. The molecule has 1 fully saturated rings. The van der Waals surface area contributed by atoms with E-state index in [0.717, 1.165) is 11.3 Å². The van der Waals surface area contributed by atoms with Gasteiger partial charge < -0.3 is 23.5 Å². The number of esters is 1. The molecule has 162 valence electrons. The van der Waals surface area contributed by atoms with E-state index >= 15 is 0 Å². The number of benzene rings is 1. The molecule has 3 aromatic rings. The summed E-state index contributed by atoms with van der Waals surface area (Å²) in [7, 11) is 1.32. The van der Waals surface area contributed by atoms with E-state index in [1.165, 1.54) is 7.11 Å². The molecule has 0 atom stereocenters. The lowest BCUT2D eigenvalue weighted by Gasteiger charge is -2.37. The predicted octanol–water partition coefficient (Wildman–Crippen LogP) is 3.85. The topological polar surface area (TPSA) is 67.9 Å². The number of nitrogens with zero attached hydrogens (tertiary/aromatic N) is 3. The van der Waals surface area contributed by atoms with Crippen LogP contribution in [-0.4, -0.2) is 54.6 Å². The number of rotatable bonds is 5. The number of carbonyl (C=O) groups excluding carboxylic acids is 2. The fourth-order valence-corrected chi connectivity index (χ4v) is 4.08. The first-order chi connectivity index (χ1) is 15.0. The Morgan fingerprint density at radius 1 is 1.10 bits per heavy atom. The Morgan fingerprint density at radius 3 is 2.55 bits per heavy atom. The van der Waals surface area contributed by atoms with Crippen LogP contribution in [0.15, 0.2) is 53.1 Å². The normalized spacial score (nSPS) is 14.0. The smallest absolute Gasteiger partial charge is 0.354 e. The van der Waals surface area contributed by atoms with Gasteiger partial charge in [0.1, 0.15) is 18.0 Å². The lowest BCUT2D eigenvalue weighted by atomic mass is 10.1. The van der Waals surface area contributed by atoms with Crippen LogP contribution in [0.5, 0.6) is 0 Å². The molecule has 1 saturated heterocycles. The molecule has 1 aliphatic rings. The van der Waals surface area contributed by atoms with Crippen molar-refractivity contribution < 1.29 is 18.7 Å². The van der Waals surface area contributed by atoms with Crippen LogP contribution in [0.4, 0.5) is 5.69 Å². The molecule has 0 unspecified atom stereocenters. The van der Waals surface area contributed by atoms with Gasteiger partial charge in [-0.05, 0) is 48.9 Å². The molecule has 31 heavy (non-hydrogen) atoms. The third-order valence-electron chi connectivity index (χ3n) is 5.59. The van der Waals surface area contributed by atoms with E-state index in [1.807, 2.05) is 23.1 Å². The molecule has 0 N–H and O–H groups in total. The van der Waals surface area contributed by atoms with Gasteiger partial charge in [0, 0.05) is 36.9 Å². The second-order valence-electron chi connectivity index (χ2n) is 7.46. The molecule has 1 aromatic carbocycles. The van der Waals surface area contributed by atoms with Crippen molar-refractivity contribution in [3.05, 3.63) is 65.0 Å². The number of methoxy groups -OCH3 is 1. The summed E-state index contributed by atoms with van der Waals surface area (Å²) in [4.78, 5) is 29.4. The molecule has 3 heterocycles. The Morgan fingerprint density at radius 2 is 1.87 bits per heavy atom. The average molecular weight is 442 g/mol. The number of aromatic nitrogens is 1. The van der Waals surface area contributed by atoms with E-state index in [0.29, 0.717) is 48.3 Å². The van der Waals surface area contributed by atoms with Gasteiger partial charge >= 0.3 is 5.97 Å². The van der Waals surface area contributed by atoms with Gasteiger partial charge in [0.2, 0.25) is 5.91 Å². The summed E-state index contributed by atoms with van der Waals surface area (Å²) in [6.07, 6.45) is 1.56. The molecule has 2 aromatic heterocycles. The molecule has 0 aliphatic carbocycles. The van der Waals surface area contributed by atoms with Gasteiger partial charge in [-0.15, -0.1) is 0 Å². The van der Waals surface area contributed by atoms with Crippen molar-refractivity contribution in [1.82, 2.24) is 9.47 Å². The van der Waals surface area contributed by atoms with Gasteiger partial charge in [0.05, 0.1) is 19.1 Å². The maximum atomic E-state index is 13.1. The van der Waals surface area contributed by atoms with E-state index in [2.05, 4.69) is 11.8 Å². The van der Waals surface area contributed by atoms with Crippen molar-refractivity contribution in [3.63, 3.8) is 0 Å². The zero-order valence-electron chi connectivity index (χ0n) is 17.5. The molecule has 0 spiro atoms. The molecule has 1 amide bonds. The first-order valence-electron chi connectivity index (χ1n) is 10.1. The third kappa shape index (κ3) is 4.32. The predicted molar refractivity (Wildman–Crippen MR) is 118 cm³/mol. The summed E-state index contributed by atoms with van der Waals surface area (Å²) < 4.78 is 12.0. The van der Waals surface area contributed by atoms with Gasteiger partial charge in [0.25, 0.3) is 0 Å². The molecule has 0 bridgehead atoms. The van der Waals surface area contributed by atoms with E-state index in [1.54, 1.807) is 35.1 Å². The van der Waals surface area contributed by atoms with E-state index in [-0.39, 0.29) is 12.5 Å². The standard InChI is InChI=1S/C23H24ClN3O4/c1-16-5-6-17(24)14-20(16)25-9-11-26(12-10-25)22(28)15-27-18(21-4-3-13-31-21)7-8-19(27)23(29)30-2/h3-8,13-14H,9-12,15H2,1-2H3. The molecule has 0 saturated carbocycles. The highest BCUT2D eigenvalue weighted by Crippen LogP contribution is 2.26. The Hall–Kier alpha value is -3.19. The maximum Gasteiger partial charge on any atom is 0.354 e. The lowest BCUT2D eigenvalue weighted by Crippen LogP contribution is -2.50. The van der Waals surface area contributed by atoms with Crippen LogP contribution in [0, 0.1) is 6.92 Å². The van der Waals surface area contributed by atoms with E-state index in [4.69, 9.17) is 20.8 Å². The Labute approximate surface area is 185 Å². The minimum atomic E-state index is -0.494. The number of anilines is 1. The summed E-state index contributed by atoms with van der Waals surface area (Å²) in [5.74, 6) is 0.0349. The molecule has 1 aliphatic heterocycles. The average Bonchev–Trinajstić information content (AvgIpc) is 3.45. The second kappa shape index (κ2) is 8.89. The van der Waals surface area contributed by atoms with Gasteiger partial charge in [-0.25, -0.2) is 4.79 Å². The second-order valence-corrected chi connectivity index (χ2v) is 7.89. The number of hydrogen-bond donors (Lipinski definition) is 0. The van der Waals surface area contributed by atoms with Crippen LogP contribution >= 0.6 is 11.6 Å². The number of furan rings is 1. The Balaban J connectivity index is 1.49. The van der Waals surface area contributed by atoms with Crippen LogP contribution in [0.3, 0.4) is 0 Å². The molecule has 4 rings (SSSR count). The molecule has 7 nitrogen and oxygen atoms in total. The molecular formula is C23H24ClN3O4. The Bertz CT molecular complexity index is 1080. The number of halogens is 1. The van der Waals surface area contributed by atoms with Crippen molar-refractivity contribution in [2.45, 2.75) is 13.5 Å². The highest BCUT2D eigenvalue weighted by Gasteiger charge is 2.25. The zero-order valence-corrected chi connectivity index (χ0v) is 18.3. The van der Waals surface area contributed by atoms with E-state index in [9.17, 15) is 9.59 Å². The van der Waals surface area contributed by atoms with Crippen LogP contribution in [0.1, 0.15) is 16.1 Å². The molecule has 0 radical (unpaired) electrons. The Kier molecular flexibility index (Phi) is 6.04. The number of hydrogen-bond acceptors (Lipinski definition) is 5. The quantitative estimate of drug-likeness (QED) is 0.562. The van der Waals surface area contributed by atoms with Crippen molar-refractivity contribution in [1.29, 1.82) is 0 Å². The zero-order chi connectivity index (χ0) is 22.0. The number of piperazine rings is 1. The summed E-state index contributed by atoms with van der Waals surface area (Å²) >= 11 is 6.16. The van der Waals surface area contributed by atoms with Gasteiger partial charge in [0.15, 0.2) is 0 Å². The van der Waals surface area contributed by atoms with Crippen molar-refractivity contribution in [3.8, 4) is 11.5 Å². The fourth-order valence-electron chi connectivity index (χ4n) is 3.92. The monoisotopic (exact) mass is 441 g/mol. The summed E-state index contributed by atoms with van der Waals surface area (Å²) in [5.41, 5.74) is 3.22. The number of carbonyl (C=O) groups is 2. The van der Waals surface area contributed by atoms with Gasteiger partial charge in [-0.2, -0.15) is 0 Å². The van der Waals surface area contributed by atoms with Crippen LogP contribution in [-0.2, 0) is 16.1 Å². The van der Waals surface area contributed by atoms with Crippen LogP contribution < -0.4 is 4.90 Å². The summed E-state index contributed by atoms with van der Waals surface area (Å²) in [6.45, 7) is 4.70. The van der Waals surface area contributed by atoms with Crippen LogP contribution in [0.2, 0.25) is 5.02 Å². The highest BCUT2D eigenvalue weighted by atomic mass is 35.5. The van der Waals surface area contributed by atoms with E-state index < -0.39 is 5.97 Å². The largest absolute Gasteiger partial charge is 0.464 e.